The molecule has 0 unspecified atom stereocenters. The predicted octanol–water partition coefficient (Wildman–Crippen LogP) is 0.241. The molecule has 17 heavy (non-hydrogen) atoms. The van der Waals surface area contributed by atoms with Crippen LogP contribution >= 0.6 is 0 Å². The van der Waals surface area contributed by atoms with Gasteiger partial charge in [0.2, 0.25) is 5.91 Å². The molecule has 0 heterocycles. The van der Waals surface area contributed by atoms with Gasteiger partial charge < -0.3 is 16.2 Å². The molecule has 92 valence electrons. The van der Waals surface area contributed by atoms with E-state index in [1.54, 1.807) is 0 Å². The summed E-state index contributed by atoms with van der Waals surface area (Å²) in [4.78, 5) is 21.3. The molecule has 0 aliphatic heterocycles. The fourth-order valence-corrected chi connectivity index (χ4v) is 1.11. The van der Waals surface area contributed by atoms with E-state index in [-0.39, 0.29) is 5.69 Å². The van der Waals surface area contributed by atoms with Gasteiger partial charge in [-0.1, -0.05) is 0 Å². The molecule has 0 aliphatic carbocycles. The summed E-state index contributed by atoms with van der Waals surface area (Å²) in [6.45, 7) is 1.40. The van der Waals surface area contributed by atoms with Crippen LogP contribution in [0.5, 0.6) is 0 Å². The Bertz CT molecular complexity index is 416. The quantitative estimate of drug-likeness (QED) is 0.513. The normalized spacial score (nSPS) is 13.8. The molecule has 1 aromatic rings. The van der Waals surface area contributed by atoms with Crippen LogP contribution in [0.1, 0.15) is 6.92 Å². The van der Waals surface area contributed by atoms with E-state index in [1.807, 2.05) is 0 Å². The molecule has 7 heteroatoms. The second-order valence-electron chi connectivity index (χ2n) is 3.56. The summed E-state index contributed by atoms with van der Waals surface area (Å²) in [5.41, 5.74) is 5.73. The Labute approximate surface area is 97.4 Å². The molecule has 1 amide bonds. The maximum absolute atomic E-state index is 11.4. The summed E-state index contributed by atoms with van der Waals surface area (Å²) >= 11 is 0. The number of non-ortho nitro benzene ring substituents is 1. The Balaban J connectivity index is 2.70. The van der Waals surface area contributed by atoms with Crippen molar-refractivity contribution in [2.24, 2.45) is 5.73 Å². The van der Waals surface area contributed by atoms with Gasteiger partial charge in [0.1, 0.15) is 6.04 Å². The van der Waals surface area contributed by atoms with Gasteiger partial charge in [-0.2, -0.15) is 0 Å². The molecule has 2 atom stereocenters. The van der Waals surface area contributed by atoms with Gasteiger partial charge in [-0.05, 0) is 19.1 Å². The zero-order chi connectivity index (χ0) is 13.0. The van der Waals surface area contributed by atoms with E-state index in [0.717, 1.165) is 0 Å². The number of aliphatic hydroxyl groups excluding tert-OH is 1. The number of rotatable bonds is 4. The highest BCUT2D eigenvalue weighted by Gasteiger charge is 2.18. The minimum Gasteiger partial charge on any atom is -0.391 e. The summed E-state index contributed by atoms with van der Waals surface area (Å²) in [6.07, 6.45) is -0.965. The van der Waals surface area contributed by atoms with Crippen molar-refractivity contribution in [3.8, 4) is 0 Å². The average molecular weight is 239 g/mol. The first-order valence-corrected chi connectivity index (χ1v) is 4.91. The van der Waals surface area contributed by atoms with Gasteiger partial charge in [-0.25, -0.2) is 0 Å². The fraction of sp³-hybridized carbons (Fsp3) is 0.300. The third kappa shape index (κ3) is 3.51. The fourth-order valence-electron chi connectivity index (χ4n) is 1.11. The molecule has 1 aromatic carbocycles. The molecule has 1 rings (SSSR count). The number of amides is 1. The second kappa shape index (κ2) is 5.37. The Hall–Kier alpha value is -1.99. The van der Waals surface area contributed by atoms with Gasteiger partial charge in [0.25, 0.3) is 5.69 Å². The van der Waals surface area contributed by atoms with Gasteiger partial charge in [-0.15, -0.1) is 0 Å². The first-order valence-electron chi connectivity index (χ1n) is 4.91. The number of benzene rings is 1. The highest BCUT2D eigenvalue weighted by molar-refractivity contribution is 5.95. The highest BCUT2D eigenvalue weighted by atomic mass is 16.6. The SMILES string of the molecule is C[C@@H](O)[C@H](N)C(=O)Nc1ccc([N+](=O)[O-])cc1. The number of carbonyl (C=O) groups excluding carboxylic acids is 1. The first kappa shape index (κ1) is 13.1. The third-order valence-electron chi connectivity index (χ3n) is 2.17. The van der Waals surface area contributed by atoms with Crippen LogP contribution in [0.25, 0.3) is 0 Å². The van der Waals surface area contributed by atoms with Gasteiger partial charge >= 0.3 is 0 Å². The minimum atomic E-state index is -1.04. The number of nitrogens with two attached hydrogens (primary N) is 1. The van der Waals surface area contributed by atoms with Crippen molar-refractivity contribution < 1.29 is 14.8 Å². The topological polar surface area (TPSA) is 118 Å². The number of carbonyl (C=O) groups is 1. The van der Waals surface area contributed by atoms with Crippen molar-refractivity contribution in [1.29, 1.82) is 0 Å². The van der Waals surface area contributed by atoms with Crippen LogP contribution in [-0.4, -0.2) is 28.1 Å². The zero-order valence-corrected chi connectivity index (χ0v) is 9.16. The highest BCUT2D eigenvalue weighted by Crippen LogP contribution is 2.15. The summed E-state index contributed by atoms with van der Waals surface area (Å²) < 4.78 is 0. The van der Waals surface area contributed by atoms with Crippen molar-refractivity contribution in [2.75, 3.05) is 5.32 Å². The Morgan fingerprint density at radius 1 is 1.47 bits per heavy atom. The monoisotopic (exact) mass is 239 g/mol. The molecule has 0 aliphatic rings. The minimum absolute atomic E-state index is 0.0668. The van der Waals surface area contributed by atoms with E-state index >= 15 is 0 Å². The van der Waals surface area contributed by atoms with Crippen LogP contribution < -0.4 is 11.1 Å². The van der Waals surface area contributed by atoms with Crippen LogP contribution in [0.3, 0.4) is 0 Å². The lowest BCUT2D eigenvalue weighted by atomic mass is 10.2. The Morgan fingerprint density at radius 3 is 2.41 bits per heavy atom. The van der Waals surface area contributed by atoms with Crippen LogP contribution in [0.15, 0.2) is 24.3 Å². The molecule has 7 nitrogen and oxygen atoms in total. The largest absolute Gasteiger partial charge is 0.391 e. The summed E-state index contributed by atoms with van der Waals surface area (Å²) in [6, 6.07) is 4.29. The average Bonchev–Trinajstić information content (AvgIpc) is 2.28. The molecule has 0 aromatic heterocycles. The molecular formula is C10H13N3O4. The molecular weight excluding hydrogens is 226 g/mol. The molecule has 0 saturated heterocycles. The maximum atomic E-state index is 11.4. The van der Waals surface area contributed by atoms with Crippen molar-refractivity contribution >= 4 is 17.3 Å². The molecule has 0 fully saturated rings. The summed E-state index contributed by atoms with van der Waals surface area (Å²) in [5.74, 6) is -0.547. The smallest absolute Gasteiger partial charge is 0.269 e. The van der Waals surface area contributed by atoms with E-state index in [2.05, 4.69) is 5.32 Å². The standard InChI is InChI=1S/C10H13N3O4/c1-6(14)9(11)10(15)12-7-2-4-8(5-3-7)13(16)17/h2-6,9,14H,11H2,1H3,(H,12,15)/t6-,9+/m1/s1. The van der Waals surface area contributed by atoms with E-state index in [0.29, 0.717) is 5.69 Å². The first-order chi connectivity index (χ1) is 7.91. The number of nitro benzene ring substituents is 1. The number of hydrogen-bond donors (Lipinski definition) is 3. The van der Waals surface area contributed by atoms with Crippen molar-refractivity contribution in [1.82, 2.24) is 0 Å². The van der Waals surface area contributed by atoms with Crippen LogP contribution in [0.2, 0.25) is 0 Å². The van der Waals surface area contributed by atoms with Crippen LogP contribution in [-0.2, 0) is 4.79 Å². The Kier molecular flexibility index (Phi) is 4.13. The third-order valence-corrected chi connectivity index (χ3v) is 2.17. The number of aliphatic hydroxyl groups is 1. The lowest BCUT2D eigenvalue weighted by molar-refractivity contribution is -0.384. The lowest BCUT2D eigenvalue weighted by Crippen LogP contribution is -2.43. The molecule has 0 radical (unpaired) electrons. The van der Waals surface area contributed by atoms with E-state index in [1.165, 1.54) is 31.2 Å². The molecule has 4 N–H and O–H groups in total. The van der Waals surface area contributed by atoms with Gasteiger partial charge in [0.15, 0.2) is 0 Å². The predicted molar refractivity (Wildman–Crippen MR) is 61.4 cm³/mol. The van der Waals surface area contributed by atoms with Crippen molar-refractivity contribution in [2.45, 2.75) is 19.1 Å². The molecule has 0 bridgehead atoms. The van der Waals surface area contributed by atoms with Crippen LogP contribution in [0.4, 0.5) is 11.4 Å². The van der Waals surface area contributed by atoms with E-state index < -0.39 is 23.0 Å². The van der Waals surface area contributed by atoms with E-state index in [9.17, 15) is 14.9 Å². The van der Waals surface area contributed by atoms with Crippen molar-refractivity contribution in [3.63, 3.8) is 0 Å². The lowest BCUT2D eigenvalue weighted by Gasteiger charge is -2.14. The number of nitro groups is 1. The molecule has 0 spiro atoms. The van der Waals surface area contributed by atoms with Gasteiger partial charge in [-0.3, -0.25) is 14.9 Å². The number of nitrogens with zero attached hydrogens (tertiary/aromatic N) is 1. The van der Waals surface area contributed by atoms with Crippen LogP contribution in [0, 0.1) is 10.1 Å². The van der Waals surface area contributed by atoms with E-state index in [4.69, 9.17) is 10.8 Å². The van der Waals surface area contributed by atoms with Crippen molar-refractivity contribution in [3.05, 3.63) is 34.4 Å². The number of nitrogens with one attached hydrogen (secondary N) is 1. The van der Waals surface area contributed by atoms with Gasteiger partial charge in [0, 0.05) is 17.8 Å². The number of hydrogen-bond acceptors (Lipinski definition) is 5. The second-order valence-corrected chi connectivity index (χ2v) is 3.56. The zero-order valence-electron chi connectivity index (χ0n) is 9.16. The summed E-state index contributed by atoms with van der Waals surface area (Å²) in [7, 11) is 0. The Morgan fingerprint density at radius 2 is 2.00 bits per heavy atom. The number of anilines is 1. The maximum Gasteiger partial charge on any atom is 0.269 e. The summed E-state index contributed by atoms with van der Waals surface area (Å²) in [5, 5.41) is 22.0. The van der Waals surface area contributed by atoms with Gasteiger partial charge in [0.05, 0.1) is 11.0 Å². The molecule has 0 saturated carbocycles.